The Morgan fingerprint density at radius 1 is 1.11 bits per heavy atom. The molecule has 2 atom stereocenters. The van der Waals surface area contributed by atoms with E-state index in [0.29, 0.717) is 17.1 Å². The number of anilines is 1. The number of benzene rings is 2. The highest BCUT2D eigenvalue weighted by atomic mass is 32.2. The molecule has 0 bridgehead atoms. The van der Waals surface area contributed by atoms with Gasteiger partial charge in [-0.15, -0.1) is 0 Å². The molecule has 0 spiro atoms. The van der Waals surface area contributed by atoms with Crippen LogP contribution in [-0.4, -0.2) is 28.7 Å². The van der Waals surface area contributed by atoms with E-state index in [-0.39, 0.29) is 18.3 Å². The van der Waals surface area contributed by atoms with E-state index < -0.39 is 10.8 Å². The number of aliphatic hydroxyl groups is 1. The van der Waals surface area contributed by atoms with Crippen LogP contribution in [0, 0.1) is 11.7 Å². The third-order valence-corrected chi connectivity index (χ3v) is 6.26. The number of rotatable bonds is 9. The van der Waals surface area contributed by atoms with Crippen LogP contribution in [0.5, 0.6) is 0 Å². The van der Waals surface area contributed by atoms with Crippen LogP contribution in [0.1, 0.15) is 51.2 Å². The maximum absolute atomic E-state index is 13.7. The fourth-order valence-electron chi connectivity index (χ4n) is 2.57. The Morgan fingerprint density at radius 3 is 2.39 bits per heavy atom. The Bertz CT molecular complexity index is 730. The van der Waals surface area contributed by atoms with E-state index in [9.17, 15) is 13.7 Å². The third-order valence-electron chi connectivity index (χ3n) is 4.60. The zero-order chi connectivity index (χ0) is 20.9. The molecule has 28 heavy (non-hydrogen) atoms. The van der Waals surface area contributed by atoms with Crippen LogP contribution >= 0.6 is 0 Å². The molecular weight excluding hydrogens is 373 g/mol. The maximum Gasteiger partial charge on any atom is 0.123 e. The predicted molar refractivity (Wildman–Crippen MR) is 118 cm³/mol. The second kappa shape index (κ2) is 13.5. The summed E-state index contributed by atoms with van der Waals surface area (Å²) in [6.07, 6.45) is 3.92. The molecule has 2 aromatic rings. The summed E-state index contributed by atoms with van der Waals surface area (Å²) in [6, 6.07) is 12.3. The van der Waals surface area contributed by atoms with Gasteiger partial charge in [0.05, 0.1) is 10.8 Å². The molecule has 2 N–H and O–H groups in total. The number of unbranched alkanes of at least 4 members (excludes halogenated alkanes) is 1. The Hall–Kier alpha value is -1.72. The Morgan fingerprint density at radius 2 is 1.82 bits per heavy atom. The standard InChI is InChI=1S/C19H24FNO2S.C4H10/c1-3-14(12-22)13-24(23)19-8-7-17(20)11-16(19)9-15-5-4-6-18(10-15)21-2;1-3-4-2/h4-8,10-11,14,21-22H,3,9,12-13H2,1-2H3;3-4H2,1-2H3. The molecule has 0 aliphatic rings. The van der Waals surface area contributed by atoms with E-state index >= 15 is 0 Å². The molecule has 2 aromatic carbocycles. The highest BCUT2D eigenvalue weighted by Gasteiger charge is 2.16. The monoisotopic (exact) mass is 407 g/mol. The van der Waals surface area contributed by atoms with Crippen LogP contribution in [0.15, 0.2) is 47.4 Å². The topological polar surface area (TPSA) is 49.3 Å². The summed E-state index contributed by atoms with van der Waals surface area (Å²) in [5, 5.41) is 12.4. The summed E-state index contributed by atoms with van der Waals surface area (Å²) in [7, 11) is 0.593. The molecule has 156 valence electrons. The summed E-state index contributed by atoms with van der Waals surface area (Å²) in [4.78, 5) is 0.651. The van der Waals surface area contributed by atoms with Gasteiger partial charge in [0, 0.05) is 30.0 Å². The first-order chi connectivity index (χ1) is 13.5. The zero-order valence-corrected chi connectivity index (χ0v) is 18.3. The lowest BCUT2D eigenvalue weighted by molar-refractivity contribution is 0.236. The molecule has 2 unspecified atom stereocenters. The van der Waals surface area contributed by atoms with E-state index in [1.54, 1.807) is 6.07 Å². The predicted octanol–water partition coefficient (Wildman–Crippen LogP) is 5.39. The molecule has 0 radical (unpaired) electrons. The molecule has 0 aliphatic heterocycles. The fourth-order valence-corrected chi connectivity index (χ4v) is 4.16. The maximum atomic E-state index is 13.7. The number of aliphatic hydroxyl groups excluding tert-OH is 1. The average molecular weight is 408 g/mol. The van der Waals surface area contributed by atoms with Crippen LogP contribution in [0.25, 0.3) is 0 Å². The average Bonchev–Trinajstić information content (AvgIpc) is 2.72. The van der Waals surface area contributed by atoms with Gasteiger partial charge < -0.3 is 10.4 Å². The van der Waals surface area contributed by atoms with Crippen molar-refractivity contribution in [2.45, 2.75) is 51.3 Å². The molecule has 3 nitrogen and oxygen atoms in total. The quantitative estimate of drug-likeness (QED) is 0.586. The lowest BCUT2D eigenvalue weighted by Crippen LogP contribution is -2.15. The number of hydrogen-bond acceptors (Lipinski definition) is 3. The number of nitrogens with one attached hydrogen (secondary N) is 1. The largest absolute Gasteiger partial charge is 0.396 e. The first-order valence-electron chi connectivity index (χ1n) is 10.0. The lowest BCUT2D eigenvalue weighted by atomic mass is 10.0. The Balaban J connectivity index is 0.000000892. The van der Waals surface area contributed by atoms with Gasteiger partial charge in [-0.05, 0) is 53.8 Å². The van der Waals surface area contributed by atoms with Crippen molar-refractivity contribution in [3.8, 4) is 0 Å². The van der Waals surface area contributed by atoms with Crippen molar-refractivity contribution in [1.29, 1.82) is 0 Å². The van der Waals surface area contributed by atoms with Gasteiger partial charge in [-0.1, -0.05) is 52.2 Å². The highest BCUT2D eigenvalue weighted by molar-refractivity contribution is 7.85. The van der Waals surface area contributed by atoms with Crippen molar-refractivity contribution < 1.29 is 13.7 Å². The van der Waals surface area contributed by atoms with Gasteiger partial charge in [0.2, 0.25) is 0 Å². The SMILES string of the molecule is CCC(CO)CS(=O)c1ccc(F)cc1Cc1cccc(NC)c1.CCCC. The number of hydrogen-bond donors (Lipinski definition) is 2. The molecule has 0 amide bonds. The molecular formula is C23H34FNO2S. The number of halogens is 1. The van der Waals surface area contributed by atoms with Crippen LogP contribution in [0.3, 0.4) is 0 Å². The van der Waals surface area contributed by atoms with Crippen molar-refractivity contribution in [1.82, 2.24) is 0 Å². The van der Waals surface area contributed by atoms with Crippen LogP contribution in [0.4, 0.5) is 10.1 Å². The second-order valence-corrected chi connectivity index (χ2v) is 8.31. The second-order valence-electron chi connectivity index (χ2n) is 6.85. The summed E-state index contributed by atoms with van der Waals surface area (Å²) >= 11 is 0. The van der Waals surface area contributed by atoms with Crippen LogP contribution < -0.4 is 5.32 Å². The first-order valence-corrected chi connectivity index (χ1v) is 11.3. The molecule has 2 rings (SSSR count). The molecule has 0 fully saturated rings. The molecule has 0 saturated heterocycles. The van der Waals surface area contributed by atoms with Crippen molar-refractivity contribution >= 4 is 16.5 Å². The summed E-state index contributed by atoms with van der Waals surface area (Å²) in [6.45, 7) is 6.34. The van der Waals surface area contributed by atoms with E-state index in [0.717, 1.165) is 23.2 Å². The summed E-state index contributed by atoms with van der Waals surface area (Å²) in [5.74, 6) is 0.0587. The van der Waals surface area contributed by atoms with E-state index in [1.165, 1.54) is 25.0 Å². The third kappa shape index (κ3) is 8.11. The molecule has 0 aromatic heterocycles. The fraction of sp³-hybridized carbons (Fsp3) is 0.478. The smallest absolute Gasteiger partial charge is 0.123 e. The minimum Gasteiger partial charge on any atom is -0.396 e. The van der Waals surface area contributed by atoms with E-state index in [1.807, 2.05) is 38.2 Å². The minimum absolute atomic E-state index is 0.00337. The molecule has 0 heterocycles. The van der Waals surface area contributed by atoms with Crippen LogP contribution in [-0.2, 0) is 17.2 Å². The molecule has 5 heteroatoms. The first kappa shape index (κ1) is 24.3. The highest BCUT2D eigenvalue weighted by Crippen LogP contribution is 2.22. The van der Waals surface area contributed by atoms with Gasteiger partial charge in [0.25, 0.3) is 0 Å². The van der Waals surface area contributed by atoms with Gasteiger partial charge in [0.1, 0.15) is 5.82 Å². The lowest BCUT2D eigenvalue weighted by Gasteiger charge is -2.14. The Labute approximate surface area is 171 Å². The van der Waals surface area contributed by atoms with Crippen molar-refractivity contribution in [3.05, 3.63) is 59.4 Å². The van der Waals surface area contributed by atoms with Crippen molar-refractivity contribution in [2.24, 2.45) is 5.92 Å². The van der Waals surface area contributed by atoms with Gasteiger partial charge in [-0.25, -0.2) is 4.39 Å². The van der Waals surface area contributed by atoms with Crippen molar-refractivity contribution in [2.75, 3.05) is 24.7 Å². The van der Waals surface area contributed by atoms with Gasteiger partial charge >= 0.3 is 0 Å². The summed E-state index contributed by atoms with van der Waals surface area (Å²) in [5.41, 5.74) is 2.74. The van der Waals surface area contributed by atoms with E-state index in [4.69, 9.17) is 0 Å². The minimum atomic E-state index is -1.26. The van der Waals surface area contributed by atoms with Gasteiger partial charge in [-0.3, -0.25) is 4.21 Å². The van der Waals surface area contributed by atoms with Crippen molar-refractivity contribution in [3.63, 3.8) is 0 Å². The van der Waals surface area contributed by atoms with E-state index in [2.05, 4.69) is 19.2 Å². The van der Waals surface area contributed by atoms with Gasteiger partial charge in [-0.2, -0.15) is 0 Å². The van der Waals surface area contributed by atoms with Crippen LogP contribution in [0.2, 0.25) is 0 Å². The van der Waals surface area contributed by atoms with Gasteiger partial charge in [0.15, 0.2) is 0 Å². The summed E-state index contributed by atoms with van der Waals surface area (Å²) < 4.78 is 26.4. The molecule has 0 saturated carbocycles. The zero-order valence-electron chi connectivity index (χ0n) is 17.5. The molecule has 0 aliphatic carbocycles. The Kier molecular flexibility index (Phi) is 11.7. The normalized spacial score (nSPS) is 12.6.